The van der Waals surface area contributed by atoms with Gasteiger partial charge in [-0.05, 0) is 0 Å². The Kier molecular flexibility index (Phi) is 2.68. The Morgan fingerprint density at radius 1 is 0.800 bits per heavy atom. The maximum absolute atomic E-state index is 2.31. The fraction of sp³-hybridized carbons (Fsp3) is 0.0769. The number of rotatable bonds is 2. The molecule has 0 aromatic carbocycles. The van der Waals surface area contributed by atoms with E-state index in [1.165, 1.54) is 0 Å². The SMILES string of the molecule is C1=C(c2ccc[se]2)CC(c2ccc[se]2)=C1. The first-order valence-electron chi connectivity index (χ1n) is 4.91. The van der Waals surface area contributed by atoms with Crippen LogP contribution in [0.5, 0.6) is 0 Å². The molecule has 0 unspecified atom stereocenters. The topological polar surface area (TPSA) is 0 Å². The fourth-order valence-electron chi connectivity index (χ4n) is 1.79. The third kappa shape index (κ3) is 1.91. The van der Waals surface area contributed by atoms with Crippen molar-refractivity contribution in [3.8, 4) is 0 Å². The molecule has 0 bridgehead atoms. The quantitative estimate of drug-likeness (QED) is 0.745. The molecule has 0 N–H and O–H groups in total. The van der Waals surface area contributed by atoms with Crippen LogP contribution in [0.25, 0.3) is 11.1 Å². The summed E-state index contributed by atoms with van der Waals surface area (Å²) in [6.45, 7) is 0. The first-order chi connectivity index (χ1) is 7.43. The summed E-state index contributed by atoms with van der Waals surface area (Å²) in [7, 11) is 0. The van der Waals surface area contributed by atoms with E-state index in [2.05, 4.69) is 46.3 Å². The molecule has 0 atom stereocenters. The number of hydrogen-bond acceptors (Lipinski definition) is 0. The summed E-state index contributed by atoms with van der Waals surface area (Å²) >= 11 is 1.17. The van der Waals surface area contributed by atoms with Crippen LogP contribution in [0.15, 0.2) is 46.3 Å². The first kappa shape index (κ1) is 9.69. The van der Waals surface area contributed by atoms with Crippen LogP contribution in [-0.2, 0) is 0 Å². The van der Waals surface area contributed by atoms with Crippen LogP contribution in [0.1, 0.15) is 15.3 Å². The predicted molar refractivity (Wildman–Crippen MR) is 67.3 cm³/mol. The Balaban J connectivity index is 1.82. The van der Waals surface area contributed by atoms with Crippen LogP contribution in [0.3, 0.4) is 0 Å². The Morgan fingerprint density at radius 3 is 1.73 bits per heavy atom. The van der Waals surface area contributed by atoms with Gasteiger partial charge in [-0.3, -0.25) is 0 Å². The van der Waals surface area contributed by atoms with Crippen molar-refractivity contribution in [3.63, 3.8) is 0 Å². The van der Waals surface area contributed by atoms with Crippen LogP contribution in [0.2, 0.25) is 0 Å². The van der Waals surface area contributed by atoms with E-state index in [1.54, 1.807) is 20.0 Å². The molecule has 15 heavy (non-hydrogen) atoms. The second-order valence-corrected chi connectivity index (χ2v) is 7.49. The van der Waals surface area contributed by atoms with Gasteiger partial charge in [0.05, 0.1) is 0 Å². The predicted octanol–water partition coefficient (Wildman–Crippen LogP) is 2.67. The average Bonchev–Trinajstić information content (AvgIpc) is 3.02. The second-order valence-electron chi connectivity index (χ2n) is 3.52. The molecule has 2 heterocycles. The van der Waals surface area contributed by atoms with Crippen LogP contribution in [0, 0.1) is 0 Å². The molecule has 0 saturated carbocycles. The van der Waals surface area contributed by atoms with Crippen molar-refractivity contribution in [1.29, 1.82) is 0 Å². The minimum absolute atomic E-state index is 0.586. The second kappa shape index (κ2) is 4.15. The standard InChI is InChI=1S/C13H10Se2/c1-3-12(14-7-1)10-5-6-11(9-10)13-4-2-8-15-13/h1-8H,9H2. The molecule has 0 fully saturated rings. The normalized spacial score (nSPS) is 15.2. The third-order valence-corrected chi connectivity index (χ3v) is 6.51. The summed E-state index contributed by atoms with van der Waals surface area (Å²) < 4.78 is 3.13. The van der Waals surface area contributed by atoms with Gasteiger partial charge in [0.1, 0.15) is 0 Å². The summed E-state index contributed by atoms with van der Waals surface area (Å²) in [5.41, 5.74) is 3.08. The van der Waals surface area contributed by atoms with Crippen molar-refractivity contribution in [2.75, 3.05) is 0 Å². The molecule has 2 aromatic heterocycles. The molecular formula is C13H10Se2. The van der Waals surface area contributed by atoms with Gasteiger partial charge >= 0.3 is 102 Å². The zero-order chi connectivity index (χ0) is 10.1. The van der Waals surface area contributed by atoms with E-state index in [1.807, 2.05) is 0 Å². The van der Waals surface area contributed by atoms with E-state index in [-0.39, 0.29) is 0 Å². The van der Waals surface area contributed by atoms with Gasteiger partial charge in [-0.1, -0.05) is 0 Å². The van der Waals surface area contributed by atoms with Crippen LogP contribution < -0.4 is 0 Å². The van der Waals surface area contributed by atoms with Gasteiger partial charge in [0, 0.05) is 0 Å². The van der Waals surface area contributed by atoms with E-state index in [4.69, 9.17) is 0 Å². The van der Waals surface area contributed by atoms with Gasteiger partial charge in [-0.25, -0.2) is 0 Å². The Labute approximate surface area is 101 Å². The van der Waals surface area contributed by atoms with Crippen molar-refractivity contribution in [3.05, 3.63) is 55.2 Å². The molecule has 0 aliphatic heterocycles. The molecule has 0 spiro atoms. The van der Waals surface area contributed by atoms with E-state index in [0.29, 0.717) is 29.0 Å². The van der Waals surface area contributed by atoms with Gasteiger partial charge in [0.15, 0.2) is 0 Å². The van der Waals surface area contributed by atoms with E-state index < -0.39 is 0 Å². The van der Waals surface area contributed by atoms with E-state index in [9.17, 15) is 0 Å². The summed E-state index contributed by atoms with van der Waals surface area (Å²) in [6, 6.07) is 8.92. The van der Waals surface area contributed by atoms with Crippen LogP contribution in [-0.4, -0.2) is 29.0 Å². The average molecular weight is 324 g/mol. The molecule has 74 valence electrons. The monoisotopic (exact) mass is 326 g/mol. The Bertz CT molecular complexity index is 450. The van der Waals surface area contributed by atoms with Gasteiger partial charge < -0.3 is 0 Å². The first-order valence-corrected chi connectivity index (χ1v) is 8.60. The Morgan fingerprint density at radius 2 is 1.33 bits per heavy atom. The summed E-state index contributed by atoms with van der Waals surface area (Å²) in [6.07, 6.45) is 5.78. The van der Waals surface area contributed by atoms with Crippen molar-refractivity contribution >= 4 is 40.2 Å². The Hall–Kier alpha value is -0.521. The molecular weight excluding hydrogens is 314 g/mol. The van der Waals surface area contributed by atoms with E-state index >= 15 is 0 Å². The zero-order valence-electron chi connectivity index (χ0n) is 8.14. The summed E-state index contributed by atoms with van der Waals surface area (Å²) in [5.74, 6) is 0. The molecule has 3 rings (SSSR count). The van der Waals surface area contributed by atoms with Crippen molar-refractivity contribution < 1.29 is 0 Å². The summed E-state index contributed by atoms with van der Waals surface area (Å²) in [5, 5.41) is 0. The molecule has 0 saturated heterocycles. The van der Waals surface area contributed by atoms with Crippen LogP contribution in [0.4, 0.5) is 0 Å². The third-order valence-electron chi connectivity index (χ3n) is 2.54. The fourth-order valence-corrected chi connectivity index (χ4v) is 4.94. The maximum atomic E-state index is 2.31. The molecule has 1 aliphatic rings. The number of hydrogen-bond donors (Lipinski definition) is 0. The molecule has 2 heteroatoms. The molecule has 2 aromatic rings. The van der Waals surface area contributed by atoms with E-state index in [0.717, 1.165) is 6.42 Å². The molecule has 0 amide bonds. The van der Waals surface area contributed by atoms with Gasteiger partial charge in [-0.2, -0.15) is 0 Å². The van der Waals surface area contributed by atoms with Crippen molar-refractivity contribution in [2.24, 2.45) is 0 Å². The zero-order valence-corrected chi connectivity index (χ0v) is 11.6. The van der Waals surface area contributed by atoms with Gasteiger partial charge in [0.25, 0.3) is 0 Å². The molecule has 1 aliphatic carbocycles. The van der Waals surface area contributed by atoms with Gasteiger partial charge in [-0.15, -0.1) is 0 Å². The molecule has 0 radical (unpaired) electrons. The molecule has 0 nitrogen and oxygen atoms in total. The summed E-state index contributed by atoms with van der Waals surface area (Å²) in [4.78, 5) is 4.59. The number of allylic oxidation sites excluding steroid dienone is 4. The minimum atomic E-state index is 0.586. The van der Waals surface area contributed by atoms with Gasteiger partial charge in [0.2, 0.25) is 0 Å². The van der Waals surface area contributed by atoms with Crippen molar-refractivity contribution in [1.82, 2.24) is 0 Å². The van der Waals surface area contributed by atoms with Crippen LogP contribution >= 0.6 is 0 Å². The van der Waals surface area contributed by atoms with Crippen molar-refractivity contribution in [2.45, 2.75) is 6.42 Å².